The number of carbonyl (C=O) groups is 1. The number of aliphatic hydroxyl groups excluding tert-OH is 1. The highest BCUT2D eigenvalue weighted by Gasteiger charge is 2.17. The number of benzene rings is 1. The van der Waals surface area contributed by atoms with Gasteiger partial charge < -0.3 is 15.4 Å². The first kappa shape index (κ1) is 14.5. The van der Waals surface area contributed by atoms with Crippen LogP contribution in [0.5, 0.6) is 0 Å². The van der Waals surface area contributed by atoms with Crippen molar-refractivity contribution >= 4 is 11.6 Å². The Kier molecular flexibility index (Phi) is 4.06. The number of fused-ring (bicyclic) bond motifs is 1. The minimum Gasteiger partial charge on any atom is -0.392 e. The van der Waals surface area contributed by atoms with Gasteiger partial charge >= 0.3 is 0 Å². The van der Waals surface area contributed by atoms with Gasteiger partial charge in [0, 0.05) is 11.4 Å². The van der Waals surface area contributed by atoms with E-state index in [9.17, 15) is 9.59 Å². The Morgan fingerprint density at radius 1 is 1.23 bits per heavy atom. The van der Waals surface area contributed by atoms with Gasteiger partial charge in [-0.3, -0.25) is 9.59 Å². The maximum atomic E-state index is 12.3. The van der Waals surface area contributed by atoms with Gasteiger partial charge in [0.15, 0.2) is 0 Å². The van der Waals surface area contributed by atoms with Gasteiger partial charge in [-0.25, -0.2) is 0 Å². The number of nitrogens with one attached hydrogen (secondary N) is 2. The molecule has 0 aliphatic heterocycles. The van der Waals surface area contributed by atoms with Crippen LogP contribution in [0.1, 0.15) is 40.0 Å². The molecule has 1 amide bonds. The predicted molar refractivity (Wildman–Crippen MR) is 84.0 cm³/mol. The topological polar surface area (TPSA) is 82.2 Å². The van der Waals surface area contributed by atoms with E-state index in [1.165, 1.54) is 0 Å². The molecule has 0 radical (unpaired) electrons. The van der Waals surface area contributed by atoms with E-state index in [2.05, 4.69) is 10.3 Å². The van der Waals surface area contributed by atoms with E-state index < -0.39 is 5.91 Å². The molecular formula is C17H18N2O3. The van der Waals surface area contributed by atoms with Crippen molar-refractivity contribution in [3.05, 3.63) is 63.1 Å². The summed E-state index contributed by atoms with van der Waals surface area (Å²) in [6.45, 7) is -0.0941. The zero-order valence-electron chi connectivity index (χ0n) is 12.2. The number of aliphatic hydroxyl groups is 1. The van der Waals surface area contributed by atoms with Crippen molar-refractivity contribution < 1.29 is 9.90 Å². The van der Waals surface area contributed by atoms with E-state index in [1.54, 1.807) is 30.3 Å². The molecule has 3 N–H and O–H groups in total. The van der Waals surface area contributed by atoms with E-state index >= 15 is 0 Å². The minimum atomic E-state index is -0.426. The third-order valence-corrected chi connectivity index (χ3v) is 3.95. The molecule has 5 heteroatoms. The maximum Gasteiger partial charge on any atom is 0.261 e. The van der Waals surface area contributed by atoms with Crippen molar-refractivity contribution in [2.75, 3.05) is 5.32 Å². The van der Waals surface area contributed by atoms with Crippen molar-refractivity contribution in [3.8, 4) is 0 Å². The minimum absolute atomic E-state index is 0.0941. The lowest BCUT2D eigenvalue weighted by atomic mass is 9.95. The number of H-pyrrole nitrogens is 1. The largest absolute Gasteiger partial charge is 0.392 e. The molecule has 2 aromatic rings. The Bertz CT molecular complexity index is 765. The summed E-state index contributed by atoms with van der Waals surface area (Å²) < 4.78 is 0. The Labute approximate surface area is 128 Å². The summed E-state index contributed by atoms with van der Waals surface area (Å²) in [6.07, 6.45) is 3.92. The lowest BCUT2D eigenvalue weighted by molar-refractivity contribution is 0.102. The first-order valence-corrected chi connectivity index (χ1v) is 7.43. The van der Waals surface area contributed by atoms with Crippen LogP contribution in [0.4, 0.5) is 5.69 Å². The van der Waals surface area contributed by atoms with Crippen LogP contribution in [0.2, 0.25) is 0 Å². The summed E-state index contributed by atoms with van der Waals surface area (Å²) in [5.41, 5.74) is 3.06. The van der Waals surface area contributed by atoms with Crippen LogP contribution in [0.15, 0.2) is 35.1 Å². The highest BCUT2D eigenvalue weighted by atomic mass is 16.3. The highest BCUT2D eigenvalue weighted by Crippen LogP contribution is 2.19. The van der Waals surface area contributed by atoms with E-state index in [1.807, 2.05) is 0 Å². The maximum absolute atomic E-state index is 12.3. The molecule has 1 aliphatic rings. The number of hydrogen-bond acceptors (Lipinski definition) is 3. The molecule has 0 spiro atoms. The second-order valence-electron chi connectivity index (χ2n) is 5.54. The number of anilines is 1. The lowest BCUT2D eigenvalue weighted by Crippen LogP contribution is -2.26. The highest BCUT2D eigenvalue weighted by molar-refractivity contribution is 6.04. The van der Waals surface area contributed by atoms with Crippen LogP contribution in [-0.2, 0) is 19.4 Å². The third-order valence-electron chi connectivity index (χ3n) is 3.95. The average Bonchev–Trinajstić information content (AvgIpc) is 2.54. The number of aromatic amines is 1. The van der Waals surface area contributed by atoms with E-state index in [-0.39, 0.29) is 17.7 Å². The second-order valence-corrected chi connectivity index (χ2v) is 5.54. The van der Waals surface area contributed by atoms with Crippen LogP contribution in [-0.4, -0.2) is 16.0 Å². The lowest BCUT2D eigenvalue weighted by Gasteiger charge is -2.16. The van der Waals surface area contributed by atoms with Gasteiger partial charge in [0.2, 0.25) is 0 Å². The Morgan fingerprint density at radius 3 is 2.86 bits per heavy atom. The van der Waals surface area contributed by atoms with Crippen molar-refractivity contribution in [2.24, 2.45) is 0 Å². The molecule has 0 fully saturated rings. The zero-order chi connectivity index (χ0) is 15.5. The fourth-order valence-corrected chi connectivity index (χ4v) is 2.79. The zero-order valence-corrected chi connectivity index (χ0v) is 12.2. The average molecular weight is 298 g/mol. The SMILES string of the molecule is O=C(Nc1cccc(CO)c1)c1cc2c([nH]c1=O)CCCC2. The van der Waals surface area contributed by atoms with E-state index in [0.717, 1.165) is 36.9 Å². The molecule has 0 unspecified atom stereocenters. The molecule has 1 aliphatic carbocycles. The molecular weight excluding hydrogens is 280 g/mol. The van der Waals surface area contributed by atoms with Gasteiger partial charge in [0.05, 0.1) is 6.61 Å². The predicted octanol–water partition coefficient (Wildman–Crippen LogP) is 2.00. The molecule has 0 saturated carbocycles. The number of rotatable bonds is 3. The Morgan fingerprint density at radius 2 is 2.05 bits per heavy atom. The van der Waals surface area contributed by atoms with E-state index in [0.29, 0.717) is 11.3 Å². The number of pyridine rings is 1. The fourth-order valence-electron chi connectivity index (χ4n) is 2.79. The van der Waals surface area contributed by atoms with Gasteiger partial charge in [-0.2, -0.15) is 0 Å². The third kappa shape index (κ3) is 2.94. The van der Waals surface area contributed by atoms with Gasteiger partial charge in [-0.1, -0.05) is 12.1 Å². The molecule has 3 rings (SSSR count). The summed E-state index contributed by atoms with van der Waals surface area (Å²) in [6, 6.07) is 8.63. The summed E-state index contributed by atoms with van der Waals surface area (Å²) in [7, 11) is 0. The number of carbonyl (C=O) groups excluding carboxylic acids is 1. The molecule has 0 saturated heterocycles. The Hall–Kier alpha value is -2.40. The molecule has 5 nitrogen and oxygen atoms in total. The van der Waals surface area contributed by atoms with Crippen molar-refractivity contribution in [1.82, 2.24) is 4.98 Å². The van der Waals surface area contributed by atoms with Crippen LogP contribution in [0.25, 0.3) is 0 Å². The molecule has 0 atom stereocenters. The summed E-state index contributed by atoms with van der Waals surface area (Å²) >= 11 is 0. The summed E-state index contributed by atoms with van der Waals surface area (Å²) in [5.74, 6) is -0.426. The normalized spacial score (nSPS) is 13.5. The van der Waals surface area contributed by atoms with Crippen LogP contribution >= 0.6 is 0 Å². The van der Waals surface area contributed by atoms with Crippen LogP contribution in [0.3, 0.4) is 0 Å². The summed E-state index contributed by atoms with van der Waals surface area (Å²) in [5, 5.41) is 11.8. The first-order valence-electron chi connectivity index (χ1n) is 7.43. The summed E-state index contributed by atoms with van der Waals surface area (Å²) in [4.78, 5) is 27.2. The van der Waals surface area contributed by atoms with Crippen LogP contribution in [0, 0.1) is 0 Å². The van der Waals surface area contributed by atoms with Crippen molar-refractivity contribution in [3.63, 3.8) is 0 Å². The van der Waals surface area contributed by atoms with Crippen molar-refractivity contribution in [2.45, 2.75) is 32.3 Å². The molecule has 1 aromatic heterocycles. The molecule has 114 valence electrons. The number of amides is 1. The van der Waals surface area contributed by atoms with Crippen LogP contribution < -0.4 is 10.9 Å². The van der Waals surface area contributed by atoms with E-state index in [4.69, 9.17) is 5.11 Å². The quantitative estimate of drug-likeness (QED) is 0.810. The Balaban J connectivity index is 1.87. The first-order chi connectivity index (χ1) is 10.7. The molecule has 22 heavy (non-hydrogen) atoms. The second kappa shape index (κ2) is 6.15. The molecule has 0 bridgehead atoms. The van der Waals surface area contributed by atoms with Gasteiger partial charge in [0.25, 0.3) is 11.5 Å². The monoisotopic (exact) mass is 298 g/mol. The number of aromatic nitrogens is 1. The number of aryl methyl sites for hydroxylation is 2. The van der Waals surface area contributed by atoms with Crippen molar-refractivity contribution in [1.29, 1.82) is 0 Å². The van der Waals surface area contributed by atoms with Gasteiger partial charge in [0.1, 0.15) is 5.56 Å². The smallest absolute Gasteiger partial charge is 0.261 e. The van der Waals surface area contributed by atoms with Gasteiger partial charge in [-0.05, 0) is 55.0 Å². The standard InChI is InChI=1S/C17H18N2O3/c20-10-11-4-3-6-13(8-11)18-16(21)14-9-12-5-1-2-7-15(12)19-17(14)22/h3-4,6,8-9,20H,1-2,5,7,10H2,(H,18,21)(H,19,22). The van der Waals surface area contributed by atoms with Gasteiger partial charge in [-0.15, -0.1) is 0 Å². The fraction of sp³-hybridized carbons (Fsp3) is 0.294. The molecule has 1 aromatic carbocycles. The number of hydrogen-bond donors (Lipinski definition) is 3. The molecule has 1 heterocycles.